The van der Waals surface area contributed by atoms with Gasteiger partial charge in [-0.1, -0.05) is 13.0 Å². The highest BCUT2D eigenvalue weighted by Gasteiger charge is 2.33. The molecule has 0 aliphatic carbocycles. The summed E-state index contributed by atoms with van der Waals surface area (Å²) < 4.78 is 14.8. The molecule has 0 saturated carbocycles. The van der Waals surface area contributed by atoms with Gasteiger partial charge in [0.2, 0.25) is 0 Å². The van der Waals surface area contributed by atoms with Crippen LogP contribution in [0.5, 0.6) is 5.75 Å². The number of hydrogen-bond acceptors (Lipinski definition) is 7. The Bertz CT molecular complexity index is 652. The largest absolute Gasteiger partial charge is 0.506 e. The fraction of sp³-hybridized carbons (Fsp3) is 0.375. The van der Waals surface area contributed by atoms with E-state index in [1.807, 2.05) is 13.0 Å². The molecule has 23 heavy (non-hydrogen) atoms. The second-order valence-corrected chi connectivity index (χ2v) is 4.89. The number of methoxy groups -OCH3 is 2. The summed E-state index contributed by atoms with van der Waals surface area (Å²) in [7, 11) is 2.44. The number of phenols is 1. The van der Waals surface area contributed by atoms with Crippen LogP contribution in [0.1, 0.15) is 12.5 Å². The van der Waals surface area contributed by atoms with Gasteiger partial charge in [0.15, 0.2) is 0 Å². The lowest BCUT2D eigenvalue weighted by molar-refractivity contribution is -0.140. The van der Waals surface area contributed by atoms with Crippen LogP contribution in [0.3, 0.4) is 0 Å². The molecule has 1 aromatic carbocycles. The summed E-state index contributed by atoms with van der Waals surface area (Å²) in [5, 5.41) is 10.2. The Morgan fingerprint density at radius 2 is 1.96 bits per heavy atom. The van der Waals surface area contributed by atoms with Crippen LogP contribution >= 0.6 is 0 Å². The Morgan fingerprint density at radius 1 is 1.26 bits per heavy atom. The number of rotatable bonds is 4. The number of carbonyl (C=O) groups excluding carboxylic acids is 2. The van der Waals surface area contributed by atoms with Crippen LogP contribution in [0.15, 0.2) is 29.5 Å². The van der Waals surface area contributed by atoms with E-state index >= 15 is 0 Å². The average molecular weight is 321 g/mol. The lowest BCUT2D eigenvalue weighted by Gasteiger charge is -2.31. The summed E-state index contributed by atoms with van der Waals surface area (Å²) in [6.45, 7) is 1.90. The number of carbonyl (C=O) groups is 2. The SMILES string of the molecule is CCc1ccc(N2COCC(C(=O)OC)=C2C(=O)OC)c(O)c1. The molecule has 0 saturated heterocycles. The molecule has 1 aromatic rings. The number of ether oxygens (including phenoxy) is 3. The van der Waals surface area contributed by atoms with Crippen molar-refractivity contribution >= 4 is 17.6 Å². The van der Waals surface area contributed by atoms with E-state index in [1.165, 1.54) is 19.1 Å². The van der Waals surface area contributed by atoms with Crippen LogP contribution in [0.2, 0.25) is 0 Å². The molecule has 7 nitrogen and oxygen atoms in total. The highest BCUT2D eigenvalue weighted by atomic mass is 16.5. The van der Waals surface area contributed by atoms with E-state index in [4.69, 9.17) is 14.2 Å². The standard InChI is InChI=1S/C16H19NO6/c1-4-10-5-6-12(13(18)7-10)17-9-23-8-11(15(19)21-2)14(17)16(20)22-3/h5-7,18H,4,8-9H2,1-3H3. The second-order valence-electron chi connectivity index (χ2n) is 4.89. The lowest BCUT2D eigenvalue weighted by Crippen LogP contribution is -2.38. The van der Waals surface area contributed by atoms with Crippen molar-refractivity contribution in [3.05, 3.63) is 35.0 Å². The third-order valence-electron chi connectivity index (χ3n) is 3.57. The van der Waals surface area contributed by atoms with E-state index in [0.29, 0.717) is 5.69 Å². The van der Waals surface area contributed by atoms with Crippen LogP contribution in [-0.4, -0.2) is 44.6 Å². The maximum atomic E-state index is 12.1. The first-order valence-corrected chi connectivity index (χ1v) is 7.10. The summed E-state index contributed by atoms with van der Waals surface area (Å²) in [5.74, 6) is -1.40. The third-order valence-corrected chi connectivity index (χ3v) is 3.57. The molecule has 1 aliphatic heterocycles. The number of anilines is 1. The van der Waals surface area contributed by atoms with Gasteiger partial charge in [0, 0.05) is 0 Å². The molecular weight excluding hydrogens is 302 g/mol. The summed E-state index contributed by atoms with van der Waals surface area (Å²) >= 11 is 0. The molecule has 0 fully saturated rings. The number of aromatic hydroxyl groups is 1. The van der Waals surface area contributed by atoms with Gasteiger partial charge in [0.1, 0.15) is 18.2 Å². The summed E-state index contributed by atoms with van der Waals surface area (Å²) in [6.07, 6.45) is 0.761. The van der Waals surface area contributed by atoms with Crippen molar-refractivity contribution in [3.63, 3.8) is 0 Å². The molecular formula is C16H19NO6. The Morgan fingerprint density at radius 3 is 2.52 bits per heavy atom. The fourth-order valence-electron chi connectivity index (χ4n) is 2.35. The summed E-state index contributed by atoms with van der Waals surface area (Å²) in [5.41, 5.74) is 1.35. The summed E-state index contributed by atoms with van der Waals surface area (Å²) in [4.78, 5) is 25.5. The summed E-state index contributed by atoms with van der Waals surface area (Å²) in [6, 6.07) is 5.10. The van der Waals surface area contributed by atoms with Gasteiger partial charge < -0.3 is 24.2 Å². The molecule has 0 unspecified atom stereocenters. The van der Waals surface area contributed by atoms with Crippen LogP contribution in [0, 0.1) is 0 Å². The van der Waals surface area contributed by atoms with E-state index in [9.17, 15) is 14.7 Å². The number of hydrogen-bond donors (Lipinski definition) is 1. The van der Waals surface area contributed by atoms with E-state index < -0.39 is 11.9 Å². The number of nitrogens with zero attached hydrogens (tertiary/aromatic N) is 1. The first kappa shape index (κ1) is 16.8. The number of aryl methyl sites for hydroxylation is 1. The zero-order valence-electron chi connectivity index (χ0n) is 13.3. The Labute approximate surface area is 134 Å². The van der Waals surface area contributed by atoms with E-state index in [2.05, 4.69) is 0 Å². The molecule has 0 radical (unpaired) electrons. The van der Waals surface area contributed by atoms with Gasteiger partial charge in [-0.05, 0) is 24.1 Å². The van der Waals surface area contributed by atoms with Gasteiger partial charge in [-0.3, -0.25) is 0 Å². The first-order valence-electron chi connectivity index (χ1n) is 7.10. The van der Waals surface area contributed by atoms with Gasteiger partial charge in [0.05, 0.1) is 32.1 Å². The van der Waals surface area contributed by atoms with Crippen molar-refractivity contribution in [2.45, 2.75) is 13.3 Å². The highest BCUT2D eigenvalue weighted by molar-refractivity contribution is 6.03. The predicted octanol–water partition coefficient (Wildman–Crippen LogP) is 1.35. The lowest BCUT2D eigenvalue weighted by atomic mass is 10.1. The topological polar surface area (TPSA) is 85.3 Å². The molecule has 0 spiro atoms. The van der Waals surface area contributed by atoms with Gasteiger partial charge in [-0.2, -0.15) is 0 Å². The number of esters is 2. The van der Waals surface area contributed by atoms with Gasteiger partial charge >= 0.3 is 11.9 Å². The number of phenolic OH excluding ortho intramolecular Hbond substituents is 1. The molecule has 0 bridgehead atoms. The fourth-order valence-corrected chi connectivity index (χ4v) is 2.35. The molecule has 7 heteroatoms. The Balaban J connectivity index is 2.55. The number of benzene rings is 1. The maximum absolute atomic E-state index is 12.1. The monoisotopic (exact) mass is 321 g/mol. The van der Waals surface area contributed by atoms with Crippen molar-refractivity contribution in [2.75, 3.05) is 32.5 Å². The molecule has 0 amide bonds. The van der Waals surface area contributed by atoms with E-state index in [0.717, 1.165) is 12.0 Å². The molecule has 124 valence electrons. The second kappa shape index (κ2) is 7.15. The van der Waals surface area contributed by atoms with Crippen molar-refractivity contribution in [2.24, 2.45) is 0 Å². The van der Waals surface area contributed by atoms with Crippen LogP contribution in [0.25, 0.3) is 0 Å². The van der Waals surface area contributed by atoms with Crippen molar-refractivity contribution in [1.82, 2.24) is 0 Å². The minimum atomic E-state index is -0.701. The highest BCUT2D eigenvalue weighted by Crippen LogP contribution is 2.34. The van der Waals surface area contributed by atoms with Gasteiger partial charge in [-0.25, -0.2) is 9.59 Å². The predicted molar refractivity (Wildman–Crippen MR) is 81.8 cm³/mol. The molecule has 1 heterocycles. The zero-order valence-corrected chi connectivity index (χ0v) is 13.3. The molecule has 1 aliphatic rings. The normalized spacial score (nSPS) is 14.7. The maximum Gasteiger partial charge on any atom is 0.355 e. The minimum absolute atomic E-state index is 0.00393. The van der Waals surface area contributed by atoms with Crippen LogP contribution in [0.4, 0.5) is 5.69 Å². The van der Waals surface area contributed by atoms with Crippen molar-refractivity contribution in [3.8, 4) is 5.75 Å². The molecule has 1 N–H and O–H groups in total. The average Bonchev–Trinajstić information content (AvgIpc) is 2.59. The van der Waals surface area contributed by atoms with Crippen LogP contribution < -0.4 is 4.90 Å². The van der Waals surface area contributed by atoms with Crippen LogP contribution in [-0.2, 0) is 30.2 Å². The smallest absolute Gasteiger partial charge is 0.355 e. The Hall–Kier alpha value is -2.54. The van der Waals surface area contributed by atoms with Gasteiger partial charge in [0.25, 0.3) is 0 Å². The van der Waals surface area contributed by atoms with Gasteiger partial charge in [-0.15, -0.1) is 0 Å². The Kier molecular flexibility index (Phi) is 5.23. The van der Waals surface area contributed by atoms with Crippen molar-refractivity contribution < 1.29 is 28.9 Å². The zero-order chi connectivity index (χ0) is 17.0. The van der Waals surface area contributed by atoms with Crippen molar-refractivity contribution in [1.29, 1.82) is 0 Å². The molecule has 2 rings (SSSR count). The van der Waals surface area contributed by atoms with E-state index in [1.54, 1.807) is 12.1 Å². The third kappa shape index (κ3) is 3.29. The van der Waals surface area contributed by atoms with E-state index in [-0.39, 0.29) is 30.4 Å². The quantitative estimate of drug-likeness (QED) is 0.838. The molecule has 0 atom stereocenters. The molecule has 0 aromatic heterocycles. The minimum Gasteiger partial charge on any atom is -0.506 e. The first-order chi connectivity index (χ1) is 11.0.